The number of cyclic esters (lactones) is 1. The number of rotatable bonds is 26. The van der Waals surface area contributed by atoms with Gasteiger partial charge in [-0.05, 0) is 12.8 Å². The van der Waals surface area contributed by atoms with E-state index in [4.69, 9.17) is 4.74 Å². The van der Waals surface area contributed by atoms with Gasteiger partial charge in [-0.3, -0.25) is 4.79 Å². The van der Waals surface area contributed by atoms with Crippen molar-refractivity contribution in [3.05, 3.63) is 12.2 Å². The number of hydrogen-bond acceptors (Lipinski definition) is 2. The van der Waals surface area contributed by atoms with Crippen LogP contribution in [0.4, 0.5) is 0 Å². The average molecular weight is 505 g/mol. The first kappa shape index (κ1) is 33.2. The molecule has 1 aliphatic heterocycles. The molecule has 0 saturated heterocycles. The minimum Gasteiger partial charge on any atom is -0.465 e. The average Bonchev–Trinajstić information content (AvgIpc) is 3.07. The third-order valence-corrected chi connectivity index (χ3v) is 8.33. The van der Waals surface area contributed by atoms with E-state index in [2.05, 4.69) is 26.0 Å². The number of unbranched alkanes of at least 4 members (excludes halogenated alkanes) is 22. The fourth-order valence-electron chi connectivity index (χ4n) is 5.81. The molecule has 0 amide bonds. The van der Waals surface area contributed by atoms with Crippen LogP contribution in [0.1, 0.15) is 187 Å². The lowest BCUT2D eigenvalue weighted by Gasteiger charge is -2.29. The van der Waals surface area contributed by atoms with Gasteiger partial charge in [0, 0.05) is 5.41 Å². The Kier molecular flexibility index (Phi) is 22.7. The summed E-state index contributed by atoms with van der Waals surface area (Å²) in [5.74, 6) is -0.0440. The van der Waals surface area contributed by atoms with E-state index < -0.39 is 0 Å². The van der Waals surface area contributed by atoms with Gasteiger partial charge in [-0.1, -0.05) is 180 Å². The van der Waals surface area contributed by atoms with Crippen LogP contribution in [0, 0.1) is 5.41 Å². The first-order valence-corrected chi connectivity index (χ1v) is 16.6. The SMILES string of the molecule is CCCCCCCCCCCCCCC1(CCCCCCCCCCCCCC)C=CCC(=O)OC1. The first-order chi connectivity index (χ1) is 17.7. The van der Waals surface area contributed by atoms with Crippen molar-refractivity contribution in [1.82, 2.24) is 0 Å². The normalized spacial score (nSPS) is 15.2. The van der Waals surface area contributed by atoms with E-state index in [-0.39, 0.29) is 11.4 Å². The molecule has 0 aromatic rings. The highest BCUT2D eigenvalue weighted by Gasteiger charge is 2.29. The Bertz CT molecular complexity index is 481. The van der Waals surface area contributed by atoms with Gasteiger partial charge in [-0.2, -0.15) is 0 Å². The molecule has 0 bridgehead atoms. The van der Waals surface area contributed by atoms with Gasteiger partial charge >= 0.3 is 5.97 Å². The van der Waals surface area contributed by atoms with Crippen molar-refractivity contribution >= 4 is 5.97 Å². The van der Waals surface area contributed by atoms with E-state index in [1.807, 2.05) is 0 Å². The fourth-order valence-corrected chi connectivity index (χ4v) is 5.81. The second-order valence-corrected chi connectivity index (χ2v) is 11.9. The zero-order chi connectivity index (χ0) is 26.0. The number of carbonyl (C=O) groups excluding carboxylic acids is 1. The van der Waals surface area contributed by atoms with Gasteiger partial charge in [0.25, 0.3) is 0 Å². The van der Waals surface area contributed by atoms with Crippen molar-refractivity contribution in [2.45, 2.75) is 187 Å². The van der Waals surface area contributed by atoms with Gasteiger partial charge in [0.15, 0.2) is 0 Å². The van der Waals surface area contributed by atoms with Crippen molar-refractivity contribution in [2.75, 3.05) is 6.61 Å². The van der Waals surface area contributed by atoms with Crippen molar-refractivity contribution in [3.8, 4) is 0 Å². The standard InChI is InChI=1S/C34H64O2/c1-3-5-7-9-11-13-15-17-19-21-23-25-29-34(31-27-28-33(35)36-32-34)30-26-24-22-20-18-16-14-12-10-8-6-4-2/h27,31H,3-26,28-30,32H2,1-2H3. The molecule has 36 heavy (non-hydrogen) atoms. The molecule has 2 heteroatoms. The Balaban J connectivity index is 2.12. The van der Waals surface area contributed by atoms with Crippen molar-refractivity contribution in [1.29, 1.82) is 0 Å². The van der Waals surface area contributed by atoms with Crippen LogP contribution in [0.5, 0.6) is 0 Å². The van der Waals surface area contributed by atoms with Crippen molar-refractivity contribution < 1.29 is 9.53 Å². The summed E-state index contributed by atoms with van der Waals surface area (Å²) in [5.41, 5.74) is 0.100. The van der Waals surface area contributed by atoms with E-state index >= 15 is 0 Å². The molecule has 212 valence electrons. The molecule has 2 nitrogen and oxygen atoms in total. The maximum Gasteiger partial charge on any atom is 0.309 e. The predicted octanol–water partition coefficient (Wildman–Crippen LogP) is 11.7. The summed E-state index contributed by atoms with van der Waals surface area (Å²) in [6.07, 6.45) is 40.7. The lowest BCUT2D eigenvalue weighted by Crippen LogP contribution is -2.25. The van der Waals surface area contributed by atoms with Gasteiger partial charge in [-0.25, -0.2) is 0 Å². The molecule has 0 aliphatic carbocycles. The molecular formula is C34H64O2. The Hall–Kier alpha value is -0.790. The molecule has 0 radical (unpaired) electrons. The van der Waals surface area contributed by atoms with E-state index in [9.17, 15) is 4.79 Å². The van der Waals surface area contributed by atoms with Gasteiger partial charge in [0.1, 0.15) is 6.61 Å². The highest BCUT2D eigenvalue weighted by atomic mass is 16.5. The third kappa shape index (κ3) is 19.3. The highest BCUT2D eigenvalue weighted by molar-refractivity contribution is 5.71. The Morgan fingerprint density at radius 1 is 0.556 bits per heavy atom. The van der Waals surface area contributed by atoms with Gasteiger partial charge < -0.3 is 4.74 Å². The summed E-state index contributed by atoms with van der Waals surface area (Å²) in [5, 5.41) is 0. The zero-order valence-corrected chi connectivity index (χ0v) is 24.8. The second-order valence-electron chi connectivity index (χ2n) is 11.9. The van der Waals surface area contributed by atoms with Crippen LogP contribution in [0.3, 0.4) is 0 Å². The molecule has 0 aromatic heterocycles. The minimum absolute atomic E-state index is 0.0440. The lowest BCUT2D eigenvalue weighted by molar-refractivity contribution is -0.144. The molecule has 1 heterocycles. The van der Waals surface area contributed by atoms with Crippen LogP contribution in [0.25, 0.3) is 0 Å². The number of hydrogen-bond donors (Lipinski definition) is 0. The molecule has 1 aliphatic rings. The maximum atomic E-state index is 11.8. The number of esters is 1. The van der Waals surface area contributed by atoms with Crippen LogP contribution in [-0.2, 0) is 9.53 Å². The highest BCUT2D eigenvalue weighted by Crippen LogP contribution is 2.36. The minimum atomic E-state index is -0.0440. The smallest absolute Gasteiger partial charge is 0.309 e. The van der Waals surface area contributed by atoms with E-state index in [1.54, 1.807) is 0 Å². The molecule has 0 aromatic carbocycles. The molecule has 0 atom stereocenters. The lowest BCUT2D eigenvalue weighted by atomic mass is 9.78. The Morgan fingerprint density at radius 2 is 0.889 bits per heavy atom. The largest absolute Gasteiger partial charge is 0.465 e. The van der Waals surface area contributed by atoms with Crippen LogP contribution >= 0.6 is 0 Å². The van der Waals surface area contributed by atoms with Crippen molar-refractivity contribution in [2.24, 2.45) is 5.41 Å². The number of carbonyl (C=O) groups is 1. The summed E-state index contributed by atoms with van der Waals surface area (Å²) in [7, 11) is 0. The van der Waals surface area contributed by atoms with Crippen LogP contribution < -0.4 is 0 Å². The summed E-state index contributed by atoms with van der Waals surface area (Å²) in [6, 6.07) is 0. The van der Waals surface area contributed by atoms with E-state index in [1.165, 1.54) is 167 Å². The summed E-state index contributed by atoms with van der Waals surface area (Å²) >= 11 is 0. The predicted molar refractivity (Wildman–Crippen MR) is 159 cm³/mol. The van der Waals surface area contributed by atoms with Gasteiger partial charge in [0.2, 0.25) is 0 Å². The van der Waals surface area contributed by atoms with Crippen molar-refractivity contribution in [3.63, 3.8) is 0 Å². The Labute approximate surface area is 226 Å². The first-order valence-electron chi connectivity index (χ1n) is 16.6. The van der Waals surface area contributed by atoms with Crippen LogP contribution in [0.2, 0.25) is 0 Å². The Morgan fingerprint density at radius 3 is 1.25 bits per heavy atom. The third-order valence-electron chi connectivity index (χ3n) is 8.33. The summed E-state index contributed by atoms with van der Waals surface area (Å²) < 4.78 is 5.63. The molecular weight excluding hydrogens is 440 g/mol. The van der Waals surface area contributed by atoms with E-state index in [0.717, 1.165) is 0 Å². The zero-order valence-electron chi connectivity index (χ0n) is 24.8. The van der Waals surface area contributed by atoms with E-state index in [0.29, 0.717) is 13.0 Å². The molecule has 0 spiro atoms. The van der Waals surface area contributed by atoms with Crippen LogP contribution in [0.15, 0.2) is 12.2 Å². The second kappa shape index (κ2) is 24.5. The number of ether oxygens (including phenoxy) is 1. The maximum absolute atomic E-state index is 11.8. The molecule has 0 N–H and O–H groups in total. The summed E-state index contributed by atoms with van der Waals surface area (Å²) in [6.45, 7) is 5.19. The monoisotopic (exact) mass is 504 g/mol. The molecule has 0 unspecified atom stereocenters. The quantitative estimate of drug-likeness (QED) is 0.0665. The van der Waals surface area contributed by atoms with Crippen LogP contribution in [-0.4, -0.2) is 12.6 Å². The summed E-state index contributed by atoms with van der Waals surface area (Å²) in [4.78, 5) is 11.8. The fraction of sp³-hybridized carbons (Fsp3) is 0.912. The molecule has 1 rings (SSSR count). The van der Waals surface area contributed by atoms with Gasteiger partial charge in [-0.15, -0.1) is 0 Å². The molecule has 0 fully saturated rings. The molecule has 0 saturated carbocycles. The van der Waals surface area contributed by atoms with Gasteiger partial charge in [0.05, 0.1) is 6.42 Å². The topological polar surface area (TPSA) is 26.3 Å².